The van der Waals surface area contributed by atoms with Gasteiger partial charge in [0.1, 0.15) is 12.0 Å². The highest BCUT2D eigenvalue weighted by molar-refractivity contribution is 6.30. The second kappa shape index (κ2) is 7.97. The molecular weight excluding hydrogens is 360 g/mol. The van der Waals surface area contributed by atoms with E-state index in [0.717, 1.165) is 34.0 Å². The number of benzene rings is 2. The van der Waals surface area contributed by atoms with Crippen LogP contribution in [-0.2, 0) is 11.4 Å². The summed E-state index contributed by atoms with van der Waals surface area (Å²) in [7, 11) is 0. The molecule has 0 atom stereocenters. The Bertz CT molecular complexity index is 926. The molecule has 4 nitrogen and oxygen atoms in total. The first-order valence-corrected chi connectivity index (χ1v) is 9.51. The standard InChI is InChI=1S/C22H21ClN2O2/c1-15-2-6-18(7-3-15)22-24-20(13-26-22)14-27-25-21(12-16-4-5-16)17-8-10-19(23)11-9-17/h2-3,6-11,13,16H,4-5,12,14H2,1H3/b25-21+. The molecular formula is C22H21ClN2O2. The second-order valence-electron chi connectivity index (χ2n) is 6.98. The van der Waals surface area contributed by atoms with E-state index in [-0.39, 0.29) is 6.61 Å². The molecule has 0 radical (unpaired) electrons. The van der Waals surface area contributed by atoms with Crippen molar-refractivity contribution in [1.29, 1.82) is 0 Å². The van der Waals surface area contributed by atoms with Gasteiger partial charge in [-0.3, -0.25) is 0 Å². The van der Waals surface area contributed by atoms with E-state index in [9.17, 15) is 0 Å². The summed E-state index contributed by atoms with van der Waals surface area (Å²) in [4.78, 5) is 10.1. The Hall–Kier alpha value is -2.59. The van der Waals surface area contributed by atoms with Crippen LogP contribution in [0.15, 0.2) is 64.4 Å². The Balaban J connectivity index is 1.43. The van der Waals surface area contributed by atoms with E-state index >= 15 is 0 Å². The lowest BCUT2D eigenvalue weighted by molar-refractivity contribution is 0.127. The molecule has 0 unspecified atom stereocenters. The van der Waals surface area contributed by atoms with Crippen LogP contribution in [0.2, 0.25) is 5.02 Å². The van der Waals surface area contributed by atoms with Gasteiger partial charge in [-0.05, 0) is 61.9 Å². The fourth-order valence-corrected chi connectivity index (χ4v) is 2.95. The molecule has 1 aliphatic carbocycles. The van der Waals surface area contributed by atoms with Gasteiger partial charge in [0.05, 0.1) is 5.71 Å². The number of hydrogen-bond donors (Lipinski definition) is 0. The van der Waals surface area contributed by atoms with Crippen LogP contribution in [0.5, 0.6) is 0 Å². The summed E-state index contributed by atoms with van der Waals surface area (Å²) >= 11 is 5.99. The van der Waals surface area contributed by atoms with Crippen LogP contribution >= 0.6 is 11.6 Å². The zero-order valence-electron chi connectivity index (χ0n) is 15.2. The lowest BCUT2D eigenvalue weighted by Crippen LogP contribution is -2.03. The molecule has 0 aliphatic heterocycles. The summed E-state index contributed by atoms with van der Waals surface area (Å²) in [6.07, 6.45) is 5.06. The van der Waals surface area contributed by atoms with Crippen molar-refractivity contribution >= 4 is 17.3 Å². The summed E-state index contributed by atoms with van der Waals surface area (Å²) < 4.78 is 5.57. The minimum Gasteiger partial charge on any atom is -0.444 e. The van der Waals surface area contributed by atoms with Crippen LogP contribution < -0.4 is 0 Å². The molecule has 5 heteroatoms. The van der Waals surface area contributed by atoms with E-state index in [1.165, 1.54) is 18.4 Å². The maximum atomic E-state index is 5.99. The maximum Gasteiger partial charge on any atom is 0.226 e. The maximum absolute atomic E-state index is 5.99. The van der Waals surface area contributed by atoms with E-state index in [1.54, 1.807) is 6.26 Å². The highest BCUT2D eigenvalue weighted by Gasteiger charge is 2.24. The summed E-state index contributed by atoms with van der Waals surface area (Å²) in [5.74, 6) is 1.30. The lowest BCUT2D eigenvalue weighted by atomic mass is 10.1. The van der Waals surface area contributed by atoms with Crippen molar-refractivity contribution < 1.29 is 9.25 Å². The summed E-state index contributed by atoms with van der Waals surface area (Å²) in [6, 6.07) is 15.8. The molecule has 4 rings (SSSR count). The molecule has 0 N–H and O–H groups in total. The number of hydrogen-bond acceptors (Lipinski definition) is 4. The molecule has 0 saturated heterocycles. The van der Waals surface area contributed by atoms with Crippen molar-refractivity contribution in [3.05, 3.63) is 76.6 Å². The van der Waals surface area contributed by atoms with Gasteiger partial charge in [-0.15, -0.1) is 0 Å². The van der Waals surface area contributed by atoms with Crippen LogP contribution in [0.3, 0.4) is 0 Å². The molecule has 138 valence electrons. The third-order valence-electron chi connectivity index (χ3n) is 4.59. The van der Waals surface area contributed by atoms with Crippen LogP contribution in [0.25, 0.3) is 11.5 Å². The molecule has 0 bridgehead atoms. The fourth-order valence-electron chi connectivity index (χ4n) is 2.82. The zero-order valence-corrected chi connectivity index (χ0v) is 15.9. The first-order valence-electron chi connectivity index (χ1n) is 9.13. The Morgan fingerprint density at radius 1 is 1.15 bits per heavy atom. The topological polar surface area (TPSA) is 47.6 Å². The van der Waals surface area contributed by atoms with Crippen molar-refractivity contribution in [2.45, 2.75) is 32.8 Å². The fraction of sp³-hybridized carbons (Fsp3) is 0.273. The SMILES string of the molecule is Cc1ccc(-c2nc(CO/N=C(\CC3CC3)c3ccc(Cl)cc3)co2)cc1. The molecule has 1 fully saturated rings. The van der Waals surface area contributed by atoms with Gasteiger partial charge >= 0.3 is 0 Å². The average molecular weight is 381 g/mol. The second-order valence-corrected chi connectivity index (χ2v) is 7.41. The molecule has 0 amide bonds. The number of aromatic nitrogens is 1. The summed E-state index contributed by atoms with van der Waals surface area (Å²) in [6.45, 7) is 2.33. The van der Waals surface area contributed by atoms with Gasteiger partial charge in [-0.25, -0.2) is 4.98 Å². The van der Waals surface area contributed by atoms with Gasteiger partial charge in [0.15, 0.2) is 6.61 Å². The lowest BCUT2D eigenvalue weighted by Gasteiger charge is -2.06. The van der Waals surface area contributed by atoms with E-state index in [0.29, 0.717) is 11.8 Å². The monoisotopic (exact) mass is 380 g/mol. The number of oxazole rings is 1. The van der Waals surface area contributed by atoms with E-state index in [2.05, 4.69) is 17.1 Å². The summed E-state index contributed by atoms with van der Waals surface area (Å²) in [5, 5.41) is 5.10. The van der Waals surface area contributed by atoms with Gasteiger partial charge in [0.25, 0.3) is 0 Å². The summed E-state index contributed by atoms with van der Waals surface area (Å²) in [5.41, 5.74) is 4.87. The third-order valence-corrected chi connectivity index (χ3v) is 4.85. The van der Waals surface area contributed by atoms with E-state index < -0.39 is 0 Å². The predicted octanol–water partition coefficient (Wildman–Crippen LogP) is 6.02. The van der Waals surface area contributed by atoms with Crippen LogP contribution in [0, 0.1) is 12.8 Å². The van der Waals surface area contributed by atoms with Crippen molar-refractivity contribution in [2.24, 2.45) is 11.1 Å². The number of rotatable bonds is 7. The third kappa shape index (κ3) is 4.77. The molecule has 1 aliphatic rings. The number of oxime groups is 1. The van der Waals surface area contributed by atoms with Gasteiger partial charge in [0, 0.05) is 10.6 Å². The quantitative estimate of drug-likeness (QED) is 0.371. The van der Waals surface area contributed by atoms with Crippen molar-refractivity contribution in [1.82, 2.24) is 4.98 Å². The molecule has 1 saturated carbocycles. The van der Waals surface area contributed by atoms with Crippen LogP contribution in [0.1, 0.15) is 36.1 Å². The van der Waals surface area contributed by atoms with E-state index in [4.69, 9.17) is 20.9 Å². The number of nitrogens with zero attached hydrogens (tertiary/aromatic N) is 2. The Morgan fingerprint density at radius 2 is 1.89 bits per heavy atom. The first kappa shape index (κ1) is 17.8. The van der Waals surface area contributed by atoms with Crippen molar-refractivity contribution in [3.63, 3.8) is 0 Å². The molecule has 1 aromatic heterocycles. The minimum atomic E-state index is 0.275. The molecule has 1 heterocycles. The predicted molar refractivity (Wildman–Crippen MR) is 107 cm³/mol. The van der Waals surface area contributed by atoms with E-state index in [1.807, 2.05) is 48.5 Å². The van der Waals surface area contributed by atoms with Crippen LogP contribution in [0.4, 0.5) is 0 Å². The van der Waals surface area contributed by atoms with Crippen molar-refractivity contribution in [2.75, 3.05) is 0 Å². The first-order chi connectivity index (χ1) is 13.2. The van der Waals surface area contributed by atoms with Crippen LogP contribution in [-0.4, -0.2) is 10.7 Å². The average Bonchev–Trinajstić information content (AvgIpc) is 3.37. The van der Waals surface area contributed by atoms with Gasteiger partial charge in [-0.2, -0.15) is 0 Å². The highest BCUT2D eigenvalue weighted by Crippen LogP contribution is 2.34. The molecule has 3 aromatic rings. The van der Waals surface area contributed by atoms with Gasteiger partial charge in [0.2, 0.25) is 5.89 Å². The Morgan fingerprint density at radius 3 is 2.59 bits per heavy atom. The van der Waals surface area contributed by atoms with Crippen molar-refractivity contribution in [3.8, 4) is 11.5 Å². The molecule has 2 aromatic carbocycles. The number of aryl methyl sites for hydroxylation is 1. The smallest absolute Gasteiger partial charge is 0.226 e. The minimum absolute atomic E-state index is 0.275. The Labute approximate surface area is 163 Å². The zero-order chi connectivity index (χ0) is 18.6. The van der Waals surface area contributed by atoms with Gasteiger partial charge < -0.3 is 9.25 Å². The molecule has 0 spiro atoms. The Kier molecular flexibility index (Phi) is 5.26. The normalized spacial score (nSPS) is 14.4. The number of halogens is 1. The van der Waals surface area contributed by atoms with Gasteiger partial charge in [-0.1, -0.05) is 46.6 Å². The largest absolute Gasteiger partial charge is 0.444 e. The highest BCUT2D eigenvalue weighted by atomic mass is 35.5. The molecule has 27 heavy (non-hydrogen) atoms.